The number of H-pyrrole nitrogens is 2. The fourth-order valence-electron chi connectivity index (χ4n) is 4.95. The third-order valence-electron chi connectivity index (χ3n) is 6.51. The maximum atomic E-state index is 13.9. The number of rotatable bonds is 6. The average molecular weight is 440 g/mol. The van der Waals surface area contributed by atoms with Crippen molar-refractivity contribution in [2.24, 2.45) is 0 Å². The number of hydrogen-bond acceptors (Lipinski definition) is 3. The van der Waals surface area contributed by atoms with Gasteiger partial charge in [-0.2, -0.15) is 0 Å². The number of nitrogens with one attached hydrogen (secondary N) is 2. The molecule has 0 radical (unpaired) electrons. The van der Waals surface area contributed by atoms with Gasteiger partial charge in [0.25, 0.3) is 0 Å². The molecule has 168 valence electrons. The van der Waals surface area contributed by atoms with Gasteiger partial charge in [-0.15, -0.1) is 0 Å². The Bertz CT molecular complexity index is 1620. The minimum atomic E-state index is -0.0160. The minimum Gasteiger partial charge on any atom is -0.369 e. The first-order valence-corrected chi connectivity index (χ1v) is 11.9. The molecule has 0 unspecified atom stereocenters. The molecule has 0 spiro atoms. The van der Waals surface area contributed by atoms with Gasteiger partial charge in [-0.1, -0.05) is 39.0 Å². The van der Waals surface area contributed by atoms with Crippen molar-refractivity contribution in [2.75, 3.05) is 18.0 Å². The van der Waals surface area contributed by atoms with Gasteiger partial charge in [0.2, 0.25) is 0 Å². The lowest BCUT2D eigenvalue weighted by Crippen LogP contribution is -2.27. The number of benzene rings is 3. The molecule has 3 aromatic carbocycles. The molecule has 5 aromatic rings. The van der Waals surface area contributed by atoms with Crippen LogP contribution >= 0.6 is 0 Å². The molecule has 0 aliphatic rings. The molecule has 0 saturated heterocycles. The van der Waals surface area contributed by atoms with Crippen molar-refractivity contribution in [1.82, 2.24) is 9.97 Å². The number of nitrogens with zero attached hydrogens (tertiary/aromatic N) is 1. The van der Waals surface area contributed by atoms with Crippen LogP contribution < -0.4 is 15.8 Å². The fourth-order valence-corrected chi connectivity index (χ4v) is 4.95. The zero-order valence-corrected chi connectivity index (χ0v) is 19.4. The third kappa shape index (κ3) is 3.39. The monoisotopic (exact) mass is 439 g/mol. The van der Waals surface area contributed by atoms with Gasteiger partial charge >= 0.3 is 0 Å². The van der Waals surface area contributed by atoms with Gasteiger partial charge in [0.15, 0.2) is 10.9 Å². The molecule has 0 bridgehead atoms. The molecule has 33 heavy (non-hydrogen) atoms. The second-order valence-electron chi connectivity index (χ2n) is 8.74. The molecular formula is C28H29N3O2. The molecule has 5 rings (SSSR count). The van der Waals surface area contributed by atoms with Crippen LogP contribution in [0.15, 0.2) is 58.1 Å². The zero-order chi connectivity index (χ0) is 23.1. The highest BCUT2D eigenvalue weighted by Crippen LogP contribution is 2.33. The average Bonchev–Trinajstić information content (AvgIpc) is 2.83. The lowest BCUT2D eigenvalue weighted by Gasteiger charge is -2.27. The second-order valence-corrected chi connectivity index (χ2v) is 8.74. The minimum absolute atomic E-state index is 0.0113. The Morgan fingerprint density at radius 2 is 1.45 bits per heavy atom. The summed E-state index contributed by atoms with van der Waals surface area (Å²) in [6.07, 6.45) is 2.76. The predicted molar refractivity (Wildman–Crippen MR) is 140 cm³/mol. The van der Waals surface area contributed by atoms with E-state index in [2.05, 4.69) is 35.6 Å². The third-order valence-corrected chi connectivity index (χ3v) is 6.51. The first-order valence-electron chi connectivity index (χ1n) is 11.9. The summed E-state index contributed by atoms with van der Waals surface area (Å²) in [5.41, 5.74) is 4.99. The first-order chi connectivity index (χ1) is 16.1. The van der Waals surface area contributed by atoms with Crippen molar-refractivity contribution in [1.29, 1.82) is 0 Å². The van der Waals surface area contributed by atoms with Crippen molar-refractivity contribution in [3.63, 3.8) is 0 Å². The highest BCUT2D eigenvalue weighted by Gasteiger charge is 2.21. The Morgan fingerprint density at radius 3 is 2.18 bits per heavy atom. The summed E-state index contributed by atoms with van der Waals surface area (Å²) in [5, 5.41) is 2.60. The van der Waals surface area contributed by atoms with Crippen LogP contribution in [-0.2, 0) is 6.42 Å². The number of aromatic nitrogens is 2. The topological polar surface area (TPSA) is 69.0 Å². The van der Waals surface area contributed by atoms with E-state index in [0.717, 1.165) is 60.2 Å². The van der Waals surface area contributed by atoms with Crippen LogP contribution in [0.1, 0.15) is 39.2 Å². The van der Waals surface area contributed by atoms with Crippen molar-refractivity contribution >= 4 is 49.3 Å². The molecule has 0 aliphatic carbocycles. The molecule has 0 atom stereocenters. The largest absolute Gasteiger partial charge is 0.369 e. The van der Waals surface area contributed by atoms with Crippen molar-refractivity contribution < 1.29 is 0 Å². The molecule has 0 saturated carbocycles. The van der Waals surface area contributed by atoms with Crippen LogP contribution in [0.25, 0.3) is 43.6 Å². The Balaban J connectivity index is 2.03. The molecule has 5 heteroatoms. The first kappa shape index (κ1) is 21.3. The summed E-state index contributed by atoms with van der Waals surface area (Å²) in [4.78, 5) is 36.7. The Morgan fingerprint density at radius 1 is 0.727 bits per heavy atom. The van der Waals surface area contributed by atoms with Gasteiger partial charge in [-0.25, -0.2) is 0 Å². The number of fused-ring (bicyclic) bond motifs is 4. The second kappa shape index (κ2) is 8.39. The quantitative estimate of drug-likeness (QED) is 0.325. The van der Waals surface area contributed by atoms with Crippen LogP contribution in [0.2, 0.25) is 0 Å². The molecular weight excluding hydrogens is 410 g/mol. The lowest BCUT2D eigenvalue weighted by atomic mass is 10.0. The maximum absolute atomic E-state index is 13.9. The highest BCUT2D eigenvalue weighted by atomic mass is 16.1. The van der Waals surface area contributed by atoms with Gasteiger partial charge in [0, 0.05) is 34.9 Å². The van der Waals surface area contributed by atoms with Crippen molar-refractivity contribution in [2.45, 2.75) is 40.0 Å². The van der Waals surface area contributed by atoms with E-state index in [1.165, 1.54) is 0 Å². The fraction of sp³-hybridized carbons (Fsp3) is 0.286. The summed E-state index contributed by atoms with van der Waals surface area (Å²) >= 11 is 0. The molecule has 0 fully saturated rings. The summed E-state index contributed by atoms with van der Waals surface area (Å²) in [5.74, 6) is 0. The Labute approximate surface area is 192 Å². The van der Waals surface area contributed by atoms with Crippen LogP contribution in [0.3, 0.4) is 0 Å². The summed E-state index contributed by atoms with van der Waals surface area (Å²) in [6, 6.07) is 15.4. The number of para-hydroxylation sites is 1. The van der Waals surface area contributed by atoms with Gasteiger partial charge in [0.1, 0.15) is 0 Å². The molecule has 2 heterocycles. The number of aryl methyl sites for hydroxylation is 1. The van der Waals surface area contributed by atoms with Crippen LogP contribution in [-0.4, -0.2) is 23.1 Å². The van der Waals surface area contributed by atoms with Gasteiger partial charge in [0.05, 0.1) is 27.5 Å². The number of hydrogen-bond donors (Lipinski definition) is 2. The van der Waals surface area contributed by atoms with E-state index in [0.29, 0.717) is 27.1 Å². The van der Waals surface area contributed by atoms with Gasteiger partial charge < -0.3 is 14.9 Å². The van der Waals surface area contributed by atoms with E-state index >= 15 is 0 Å². The standard InChI is InChI=1S/C28H29N3O2/c1-4-13-31(14-5-2)26-24-23(29-22-12-11-17(6-3)15-19(22)28(24)33)16-20-25(26)30-21-10-8-7-9-18(21)27(20)32/h7-12,15-16H,4-6,13-14H2,1-3H3,(H,29,33)(H,30,32). The smallest absolute Gasteiger partial charge is 0.199 e. The summed E-state index contributed by atoms with van der Waals surface area (Å²) in [6.45, 7) is 7.99. The number of anilines is 1. The normalized spacial score (nSPS) is 11.7. The number of pyridine rings is 2. The van der Waals surface area contributed by atoms with Crippen LogP contribution in [0.5, 0.6) is 0 Å². The molecule has 2 N–H and O–H groups in total. The SMILES string of the molecule is CCCN(CCC)c1c2[nH]c3ccccc3c(=O)c2cc2[nH]c3ccc(CC)cc3c(=O)c12. The molecule has 2 aromatic heterocycles. The molecule has 0 amide bonds. The van der Waals surface area contributed by atoms with E-state index in [9.17, 15) is 9.59 Å². The van der Waals surface area contributed by atoms with Crippen molar-refractivity contribution in [3.8, 4) is 0 Å². The maximum Gasteiger partial charge on any atom is 0.199 e. The Hall–Kier alpha value is -3.60. The van der Waals surface area contributed by atoms with Crippen molar-refractivity contribution in [3.05, 3.63) is 74.5 Å². The zero-order valence-electron chi connectivity index (χ0n) is 19.4. The van der Waals surface area contributed by atoms with Crippen LogP contribution in [0.4, 0.5) is 5.69 Å². The lowest BCUT2D eigenvalue weighted by molar-refractivity contribution is 0.749. The highest BCUT2D eigenvalue weighted by molar-refractivity contribution is 6.13. The van der Waals surface area contributed by atoms with Gasteiger partial charge in [-0.05, 0) is 55.2 Å². The Kier molecular flexibility index (Phi) is 5.41. The van der Waals surface area contributed by atoms with E-state index in [1.54, 1.807) is 0 Å². The van der Waals surface area contributed by atoms with E-state index < -0.39 is 0 Å². The summed E-state index contributed by atoms with van der Waals surface area (Å²) in [7, 11) is 0. The predicted octanol–water partition coefficient (Wildman–Crippen LogP) is 5.86. The summed E-state index contributed by atoms with van der Waals surface area (Å²) < 4.78 is 0. The molecule has 5 nitrogen and oxygen atoms in total. The van der Waals surface area contributed by atoms with E-state index in [4.69, 9.17) is 0 Å². The van der Waals surface area contributed by atoms with Gasteiger partial charge in [-0.3, -0.25) is 9.59 Å². The molecule has 0 aliphatic heterocycles. The number of aromatic amines is 2. The van der Waals surface area contributed by atoms with E-state index in [-0.39, 0.29) is 10.9 Å². The van der Waals surface area contributed by atoms with E-state index in [1.807, 2.05) is 48.5 Å². The van der Waals surface area contributed by atoms with Crippen LogP contribution in [0, 0.1) is 0 Å².